The summed E-state index contributed by atoms with van der Waals surface area (Å²) in [6, 6.07) is 8.48. The number of rotatable bonds is 4. The first-order valence-electron chi connectivity index (χ1n) is 5.49. The summed E-state index contributed by atoms with van der Waals surface area (Å²) in [5.74, 6) is -0.195. The number of ether oxygens (including phenoxy) is 1. The number of hydrogen-bond donors (Lipinski definition) is 1. The van der Waals surface area contributed by atoms with Crippen molar-refractivity contribution >= 4 is 11.9 Å². The summed E-state index contributed by atoms with van der Waals surface area (Å²) in [5, 5.41) is 2.55. The molecule has 0 radical (unpaired) electrons. The van der Waals surface area contributed by atoms with E-state index in [1.807, 2.05) is 18.2 Å². The van der Waals surface area contributed by atoms with E-state index in [1.165, 1.54) is 7.11 Å². The van der Waals surface area contributed by atoms with E-state index in [4.69, 9.17) is 0 Å². The number of carbonyl (C=O) groups is 2. The lowest BCUT2D eigenvalue weighted by Gasteiger charge is -2.19. The first-order valence-corrected chi connectivity index (χ1v) is 5.49. The van der Waals surface area contributed by atoms with E-state index in [1.54, 1.807) is 26.0 Å². The van der Waals surface area contributed by atoms with Crippen molar-refractivity contribution in [1.82, 2.24) is 5.32 Å². The Kier molecular flexibility index (Phi) is 4.69. The third-order valence-corrected chi connectivity index (χ3v) is 2.43. The van der Waals surface area contributed by atoms with Crippen LogP contribution in [0.4, 0.5) is 4.79 Å². The molecule has 4 heteroatoms. The molecule has 0 heterocycles. The van der Waals surface area contributed by atoms with Gasteiger partial charge >= 0.3 is 6.09 Å². The Morgan fingerprint density at radius 3 is 2.24 bits per heavy atom. The minimum Gasteiger partial charge on any atom is -0.453 e. The highest BCUT2D eigenvalue weighted by Gasteiger charge is 2.24. The van der Waals surface area contributed by atoms with Crippen molar-refractivity contribution in [3.05, 3.63) is 35.9 Å². The number of Topliss-reactive ketones (excluding diaryl/α,β-unsaturated/α-hetero) is 1. The first-order chi connectivity index (χ1) is 8.06. The van der Waals surface area contributed by atoms with E-state index >= 15 is 0 Å². The number of hydrogen-bond acceptors (Lipinski definition) is 3. The van der Waals surface area contributed by atoms with Crippen molar-refractivity contribution in [2.24, 2.45) is 5.92 Å². The summed E-state index contributed by atoms with van der Waals surface area (Å²) in [6.45, 7) is 3.61. The average Bonchev–Trinajstić information content (AvgIpc) is 2.35. The molecule has 0 aromatic heterocycles. The summed E-state index contributed by atoms with van der Waals surface area (Å²) in [5.41, 5.74) is 0.761. The lowest BCUT2D eigenvalue weighted by atomic mass is 9.95. The van der Waals surface area contributed by atoms with E-state index in [0.717, 1.165) is 5.56 Å². The molecule has 0 aliphatic carbocycles. The maximum Gasteiger partial charge on any atom is 0.407 e. The van der Waals surface area contributed by atoms with Crippen LogP contribution in [-0.4, -0.2) is 19.0 Å². The van der Waals surface area contributed by atoms with E-state index in [-0.39, 0.29) is 11.7 Å². The zero-order valence-electron chi connectivity index (χ0n) is 10.3. The fourth-order valence-corrected chi connectivity index (χ4v) is 1.47. The Bertz CT molecular complexity index is 387. The number of methoxy groups -OCH3 is 1. The van der Waals surface area contributed by atoms with Gasteiger partial charge in [0.1, 0.15) is 6.04 Å². The maximum absolute atomic E-state index is 12.0. The van der Waals surface area contributed by atoms with Gasteiger partial charge in [-0.25, -0.2) is 4.79 Å². The fourth-order valence-electron chi connectivity index (χ4n) is 1.47. The van der Waals surface area contributed by atoms with Crippen LogP contribution in [0, 0.1) is 5.92 Å². The summed E-state index contributed by atoms with van der Waals surface area (Å²) in [7, 11) is 1.28. The summed E-state index contributed by atoms with van der Waals surface area (Å²) in [6.07, 6.45) is -0.604. The second-order valence-electron chi connectivity index (χ2n) is 4.04. The lowest BCUT2D eigenvalue weighted by Crippen LogP contribution is -2.35. The van der Waals surface area contributed by atoms with E-state index in [2.05, 4.69) is 10.1 Å². The fraction of sp³-hybridized carbons (Fsp3) is 0.385. The van der Waals surface area contributed by atoms with Gasteiger partial charge in [-0.3, -0.25) is 4.79 Å². The average molecular weight is 235 g/mol. The first kappa shape index (κ1) is 13.2. The molecule has 1 aromatic carbocycles. The van der Waals surface area contributed by atoms with Crippen LogP contribution in [0.25, 0.3) is 0 Å². The number of ketones is 1. The molecule has 17 heavy (non-hydrogen) atoms. The van der Waals surface area contributed by atoms with Crippen LogP contribution < -0.4 is 5.32 Å². The number of benzene rings is 1. The Morgan fingerprint density at radius 2 is 1.76 bits per heavy atom. The van der Waals surface area contributed by atoms with Crippen molar-refractivity contribution in [1.29, 1.82) is 0 Å². The quantitative estimate of drug-likeness (QED) is 0.871. The van der Waals surface area contributed by atoms with Crippen LogP contribution >= 0.6 is 0 Å². The standard InChI is InChI=1S/C13H17NO3/c1-9(2)12(15)11(14-13(16)17-3)10-7-5-4-6-8-10/h4-9,11H,1-3H3,(H,14,16). The maximum atomic E-state index is 12.0. The van der Waals surface area contributed by atoms with Crippen molar-refractivity contribution in [3.63, 3.8) is 0 Å². The molecule has 1 aromatic rings. The molecule has 0 aliphatic heterocycles. The second-order valence-corrected chi connectivity index (χ2v) is 4.04. The molecular formula is C13H17NO3. The largest absolute Gasteiger partial charge is 0.453 e. The highest BCUT2D eigenvalue weighted by molar-refractivity contribution is 5.89. The van der Waals surface area contributed by atoms with Gasteiger partial charge < -0.3 is 10.1 Å². The summed E-state index contributed by atoms with van der Waals surface area (Å²) < 4.78 is 4.53. The molecule has 0 bridgehead atoms. The lowest BCUT2D eigenvalue weighted by molar-refractivity contribution is -0.124. The molecule has 0 spiro atoms. The van der Waals surface area contributed by atoms with Gasteiger partial charge in [0.25, 0.3) is 0 Å². The van der Waals surface area contributed by atoms with Crippen molar-refractivity contribution < 1.29 is 14.3 Å². The molecule has 0 saturated heterocycles. The van der Waals surface area contributed by atoms with Crippen molar-refractivity contribution in [2.45, 2.75) is 19.9 Å². The zero-order chi connectivity index (χ0) is 12.8. The number of amides is 1. The molecule has 92 valence electrons. The molecule has 1 rings (SSSR count). The minimum absolute atomic E-state index is 0.0402. The van der Waals surface area contributed by atoms with Gasteiger partial charge in [-0.1, -0.05) is 44.2 Å². The smallest absolute Gasteiger partial charge is 0.407 e. The Balaban J connectivity index is 2.94. The van der Waals surface area contributed by atoms with Gasteiger partial charge in [0.05, 0.1) is 7.11 Å². The van der Waals surface area contributed by atoms with Crippen LogP contribution in [0.5, 0.6) is 0 Å². The molecule has 0 saturated carbocycles. The van der Waals surface area contributed by atoms with E-state index in [0.29, 0.717) is 0 Å². The third kappa shape index (κ3) is 3.59. The molecule has 1 N–H and O–H groups in total. The predicted octanol–water partition coefficient (Wildman–Crippen LogP) is 2.31. The number of alkyl carbamates (subject to hydrolysis) is 1. The van der Waals surface area contributed by atoms with Gasteiger partial charge in [-0.15, -0.1) is 0 Å². The van der Waals surface area contributed by atoms with Gasteiger partial charge in [0, 0.05) is 5.92 Å². The third-order valence-electron chi connectivity index (χ3n) is 2.43. The second kappa shape index (κ2) is 6.03. The number of nitrogens with one attached hydrogen (secondary N) is 1. The monoisotopic (exact) mass is 235 g/mol. The van der Waals surface area contributed by atoms with Crippen LogP contribution in [-0.2, 0) is 9.53 Å². The Morgan fingerprint density at radius 1 is 1.18 bits per heavy atom. The molecule has 1 unspecified atom stereocenters. The molecule has 1 atom stereocenters. The van der Waals surface area contributed by atoms with Crippen LogP contribution in [0.2, 0.25) is 0 Å². The molecule has 1 amide bonds. The Hall–Kier alpha value is -1.84. The van der Waals surface area contributed by atoms with Crippen molar-refractivity contribution in [2.75, 3.05) is 7.11 Å². The molecule has 0 aliphatic rings. The summed E-state index contributed by atoms with van der Waals surface area (Å²) in [4.78, 5) is 23.3. The van der Waals surface area contributed by atoms with E-state index in [9.17, 15) is 9.59 Å². The van der Waals surface area contributed by atoms with Gasteiger partial charge in [0.2, 0.25) is 0 Å². The van der Waals surface area contributed by atoms with Crippen LogP contribution in [0.15, 0.2) is 30.3 Å². The highest BCUT2D eigenvalue weighted by Crippen LogP contribution is 2.17. The van der Waals surface area contributed by atoms with Gasteiger partial charge in [-0.05, 0) is 5.56 Å². The summed E-state index contributed by atoms with van der Waals surface area (Å²) >= 11 is 0. The van der Waals surface area contributed by atoms with E-state index < -0.39 is 12.1 Å². The molecular weight excluding hydrogens is 218 g/mol. The molecule has 0 fully saturated rings. The van der Waals surface area contributed by atoms with Crippen molar-refractivity contribution in [3.8, 4) is 0 Å². The predicted molar refractivity (Wildman–Crippen MR) is 64.6 cm³/mol. The number of carbonyl (C=O) groups excluding carboxylic acids is 2. The Labute approximate surface area is 101 Å². The minimum atomic E-state index is -0.649. The van der Waals surface area contributed by atoms with Crippen LogP contribution in [0.1, 0.15) is 25.5 Å². The SMILES string of the molecule is COC(=O)NC(C(=O)C(C)C)c1ccccc1. The molecule has 4 nitrogen and oxygen atoms in total. The highest BCUT2D eigenvalue weighted by atomic mass is 16.5. The van der Waals surface area contributed by atoms with Gasteiger partial charge in [0.15, 0.2) is 5.78 Å². The van der Waals surface area contributed by atoms with Crippen LogP contribution in [0.3, 0.4) is 0 Å². The van der Waals surface area contributed by atoms with Gasteiger partial charge in [-0.2, -0.15) is 0 Å². The zero-order valence-corrected chi connectivity index (χ0v) is 10.3. The topological polar surface area (TPSA) is 55.4 Å². The normalized spacial score (nSPS) is 12.0.